The number of aromatic nitrogens is 2. The lowest BCUT2D eigenvalue weighted by Gasteiger charge is -2.29. The standard InChI is InChI=1S/C22H26N4O5.C4H4O4/c1-22(2,7-8-26-17-6-4-3-5-15(17)25-21(26)30)23-11-18(28)14-9-13(27)10-16-20(14)31-12-19(29)24-16;5-3(6)1-2-4(7)8/h3-6,9-10,18,23,27-28H,7-8,11-12H2,1-2H3,(H,24,29)(H,25,30);1-2H,(H,5,6)(H,7,8). The van der Waals surface area contributed by atoms with Crippen LogP contribution in [0, 0.1) is 0 Å². The number of aromatic hydroxyl groups is 1. The number of ether oxygens (including phenoxy) is 1. The number of hydrogen-bond donors (Lipinski definition) is 7. The largest absolute Gasteiger partial charge is 0.508 e. The number of anilines is 1. The predicted octanol–water partition coefficient (Wildman–Crippen LogP) is 1.57. The van der Waals surface area contributed by atoms with Crippen molar-refractivity contribution in [1.29, 1.82) is 0 Å². The van der Waals surface area contributed by atoms with E-state index in [1.54, 1.807) is 4.57 Å². The molecule has 1 aliphatic heterocycles. The van der Waals surface area contributed by atoms with Gasteiger partial charge >= 0.3 is 17.6 Å². The number of amides is 1. The number of carbonyl (C=O) groups excluding carboxylic acids is 1. The number of hydrogen-bond acceptors (Lipinski definition) is 8. The maximum Gasteiger partial charge on any atom is 0.328 e. The molecule has 1 amide bonds. The van der Waals surface area contributed by atoms with Crippen LogP contribution in [0.3, 0.4) is 0 Å². The molecule has 208 valence electrons. The monoisotopic (exact) mass is 542 g/mol. The van der Waals surface area contributed by atoms with E-state index in [1.165, 1.54) is 12.1 Å². The SMILES string of the molecule is CC(C)(CCn1c(=O)[nH]c2ccccc21)NCC(O)c1cc(O)cc2c1OCC(=O)N2.O=C(O)C=CC(=O)O. The summed E-state index contributed by atoms with van der Waals surface area (Å²) >= 11 is 0. The minimum absolute atomic E-state index is 0.0726. The van der Waals surface area contributed by atoms with Crippen LogP contribution in [0.1, 0.15) is 31.9 Å². The van der Waals surface area contributed by atoms with Gasteiger partial charge in [0.05, 0.1) is 22.8 Å². The highest BCUT2D eigenvalue weighted by molar-refractivity contribution is 5.96. The number of nitrogens with one attached hydrogen (secondary N) is 3. The topological polar surface area (TPSA) is 203 Å². The Hall–Kier alpha value is -4.62. The molecule has 1 aromatic heterocycles. The van der Waals surface area contributed by atoms with Gasteiger partial charge in [-0.3, -0.25) is 9.36 Å². The zero-order valence-corrected chi connectivity index (χ0v) is 21.3. The number of aliphatic hydroxyl groups excluding tert-OH is 1. The van der Waals surface area contributed by atoms with Gasteiger partial charge in [0.15, 0.2) is 6.61 Å². The number of nitrogens with zero attached hydrogens (tertiary/aromatic N) is 1. The number of carboxylic acids is 2. The first-order chi connectivity index (χ1) is 18.4. The molecule has 0 bridgehead atoms. The molecule has 1 atom stereocenters. The van der Waals surface area contributed by atoms with Gasteiger partial charge in [-0.25, -0.2) is 14.4 Å². The second kappa shape index (κ2) is 12.3. The number of H-pyrrole nitrogens is 1. The molecule has 13 heteroatoms. The zero-order chi connectivity index (χ0) is 28.7. The molecule has 3 aromatic rings. The highest BCUT2D eigenvalue weighted by Crippen LogP contribution is 2.38. The first-order valence-electron chi connectivity index (χ1n) is 11.9. The zero-order valence-electron chi connectivity index (χ0n) is 21.3. The normalized spacial score (nSPS) is 13.7. The third-order valence-corrected chi connectivity index (χ3v) is 5.87. The van der Waals surface area contributed by atoms with Crippen LogP contribution in [0.2, 0.25) is 0 Å². The first-order valence-corrected chi connectivity index (χ1v) is 11.9. The summed E-state index contributed by atoms with van der Waals surface area (Å²) in [6.45, 7) is 4.55. The lowest BCUT2D eigenvalue weighted by Crippen LogP contribution is -2.43. The summed E-state index contributed by atoms with van der Waals surface area (Å²) < 4.78 is 7.18. The summed E-state index contributed by atoms with van der Waals surface area (Å²) in [6.07, 6.45) is 0.794. The third-order valence-electron chi connectivity index (χ3n) is 5.87. The molecule has 0 spiro atoms. The molecule has 0 radical (unpaired) electrons. The predicted molar refractivity (Wildman–Crippen MR) is 141 cm³/mol. The quantitative estimate of drug-likeness (QED) is 0.194. The second-order valence-electron chi connectivity index (χ2n) is 9.39. The summed E-state index contributed by atoms with van der Waals surface area (Å²) in [5.41, 5.74) is 1.85. The Balaban J connectivity index is 0.000000459. The van der Waals surface area contributed by atoms with Gasteiger partial charge in [0.2, 0.25) is 0 Å². The maximum absolute atomic E-state index is 12.3. The molecule has 7 N–H and O–H groups in total. The van der Waals surface area contributed by atoms with E-state index in [1.807, 2.05) is 38.1 Å². The van der Waals surface area contributed by atoms with Gasteiger partial charge < -0.3 is 40.8 Å². The Morgan fingerprint density at radius 2 is 1.82 bits per heavy atom. The molecule has 0 saturated heterocycles. The van der Waals surface area contributed by atoms with E-state index in [9.17, 15) is 29.4 Å². The second-order valence-corrected chi connectivity index (χ2v) is 9.39. The van der Waals surface area contributed by atoms with Crippen LogP contribution < -0.4 is 21.1 Å². The van der Waals surface area contributed by atoms with Crippen LogP contribution in [-0.2, 0) is 20.9 Å². The Bertz CT molecular complexity index is 1440. The highest BCUT2D eigenvalue weighted by atomic mass is 16.5. The van der Waals surface area contributed by atoms with Crippen molar-refractivity contribution >= 4 is 34.6 Å². The fourth-order valence-corrected chi connectivity index (χ4v) is 3.89. The number of carboxylic acid groups (broad SMARTS) is 2. The molecule has 0 aliphatic carbocycles. The van der Waals surface area contributed by atoms with E-state index >= 15 is 0 Å². The van der Waals surface area contributed by atoms with Gasteiger partial charge in [-0.2, -0.15) is 0 Å². The van der Waals surface area contributed by atoms with Gasteiger partial charge in [0.25, 0.3) is 5.91 Å². The van der Waals surface area contributed by atoms with Crippen LogP contribution in [0.25, 0.3) is 11.0 Å². The maximum atomic E-state index is 12.3. The average molecular weight is 543 g/mol. The Morgan fingerprint density at radius 1 is 1.15 bits per heavy atom. The molecule has 39 heavy (non-hydrogen) atoms. The number of benzene rings is 2. The lowest BCUT2D eigenvalue weighted by atomic mass is 9.99. The van der Waals surface area contributed by atoms with Crippen molar-refractivity contribution in [3.05, 3.63) is 64.6 Å². The van der Waals surface area contributed by atoms with E-state index in [0.717, 1.165) is 11.0 Å². The number of aliphatic hydroxyl groups is 1. The van der Waals surface area contributed by atoms with Crippen LogP contribution >= 0.6 is 0 Å². The summed E-state index contributed by atoms with van der Waals surface area (Å²) in [7, 11) is 0. The molecule has 1 unspecified atom stereocenters. The van der Waals surface area contributed by atoms with Gasteiger partial charge in [-0.15, -0.1) is 0 Å². The van der Waals surface area contributed by atoms with Gasteiger partial charge in [0.1, 0.15) is 11.5 Å². The molecular formula is C26H30N4O9. The minimum atomic E-state index is -1.26. The lowest BCUT2D eigenvalue weighted by molar-refractivity contribution is -0.134. The molecule has 2 aromatic carbocycles. The minimum Gasteiger partial charge on any atom is -0.508 e. The van der Waals surface area contributed by atoms with E-state index < -0.39 is 18.0 Å². The molecule has 0 fully saturated rings. The van der Waals surface area contributed by atoms with Crippen molar-refractivity contribution in [3.8, 4) is 11.5 Å². The highest BCUT2D eigenvalue weighted by Gasteiger charge is 2.26. The summed E-state index contributed by atoms with van der Waals surface area (Å²) in [4.78, 5) is 45.8. The van der Waals surface area contributed by atoms with Crippen LogP contribution in [0.15, 0.2) is 53.3 Å². The Kier molecular flexibility index (Phi) is 9.12. The van der Waals surface area contributed by atoms with Gasteiger partial charge in [0, 0.05) is 42.4 Å². The summed E-state index contributed by atoms with van der Waals surface area (Å²) in [5.74, 6) is -2.54. The van der Waals surface area contributed by atoms with E-state index in [-0.39, 0.29) is 36.0 Å². The number of rotatable bonds is 9. The number of aromatic amines is 1. The molecule has 13 nitrogen and oxygen atoms in total. The molecule has 1 aliphatic rings. The van der Waals surface area contributed by atoms with E-state index in [2.05, 4.69) is 15.6 Å². The number of para-hydroxylation sites is 2. The summed E-state index contributed by atoms with van der Waals surface area (Å²) in [5, 5.41) is 42.3. The number of carbonyl (C=O) groups is 3. The van der Waals surface area contributed by atoms with Crippen LogP contribution in [-0.4, -0.2) is 66.5 Å². The average Bonchev–Trinajstić information content (AvgIpc) is 3.19. The molecular weight excluding hydrogens is 512 g/mol. The van der Waals surface area contributed by atoms with Crippen molar-refractivity contribution in [1.82, 2.24) is 14.9 Å². The van der Waals surface area contributed by atoms with Crippen LogP contribution in [0.5, 0.6) is 11.5 Å². The first kappa shape index (κ1) is 28.9. The van der Waals surface area contributed by atoms with Crippen molar-refractivity contribution in [2.45, 2.75) is 38.5 Å². The number of aryl methyl sites for hydroxylation is 1. The van der Waals surface area contributed by atoms with Crippen molar-refractivity contribution in [3.63, 3.8) is 0 Å². The third kappa shape index (κ3) is 7.93. The Morgan fingerprint density at radius 3 is 2.49 bits per heavy atom. The number of aliphatic carboxylic acids is 2. The smallest absolute Gasteiger partial charge is 0.328 e. The number of fused-ring (bicyclic) bond motifs is 2. The van der Waals surface area contributed by atoms with Crippen LogP contribution in [0.4, 0.5) is 5.69 Å². The summed E-state index contributed by atoms with van der Waals surface area (Å²) in [6, 6.07) is 10.4. The van der Waals surface area contributed by atoms with E-state index in [4.69, 9.17) is 14.9 Å². The van der Waals surface area contributed by atoms with Crippen molar-refractivity contribution < 1.29 is 39.5 Å². The molecule has 2 heterocycles. The fraction of sp³-hybridized carbons (Fsp3) is 0.308. The van der Waals surface area contributed by atoms with Gasteiger partial charge in [-0.05, 0) is 38.5 Å². The van der Waals surface area contributed by atoms with E-state index in [0.29, 0.717) is 42.1 Å². The van der Waals surface area contributed by atoms with Crippen molar-refractivity contribution in [2.24, 2.45) is 0 Å². The Labute approximate surface area is 222 Å². The number of phenols is 1. The fourth-order valence-electron chi connectivity index (χ4n) is 3.89. The molecule has 0 saturated carbocycles. The van der Waals surface area contributed by atoms with Gasteiger partial charge in [-0.1, -0.05) is 12.1 Å². The number of β-amino-alcohol motifs (C(OH)–C–C–N with tert-alkyl or cyclic N) is 1. The van der Waals surface area contributed by atoms with Crippen molar-refractivity contribution in [2.75, 3.05) is 18.5 Å². The molecule has 4 rings (SSSR count). The number of phenolic OH excluding ortho intramolecular Hbond substituents is 1. The number of imidazole rings is 1.